The van der Waals surface area contributed by atoms with Crippen LogP contribution < -0.4 is 4.90 Å². The minimum absolute atomic E-state index is 0.0457. The van der Waals surface area contributed by atoms with Crippen molar-refractivity contribution in [3.63, 3.8) is 0 Å². The summed E-state index contributed by atoms with van der Waals surface area (Å²) in [4.78, 5) is 7.58. The maximum Gasteiger partial charge on any atom is 0.160 e. The van der Waals surface area contributed by atoms with Crippen molar-refractivity contribution in [1.82, 2.24) is 14.8 Å². The summed E-state index contributed by atoms with van der Waals surface area (Å²) in [5, 5.41) is 5.93. The molecule has 23 heavy (non-hydrogen) atoms. The Morgan fingerprint density at radius 3 is 2.22 bits per heavy atom. The zero-order valence-electron chi connectivity index (χ0n) is 14.8. The molecule has 2 saturated carbocycles. The monoisotopic (exact) mass is 312 g/mol. The van der Waals surface area contributed by atoms with E-state index in [1.807, 2.05) is 0 Å². The molecule has 2 aliphatic rings. The first-order valence-electron chi connectivity index (χ1n) is 9.03. The second-order valence-corrected chi connectivity index (χ2v) is 8.50. The van der Waals surface area contributed by atoms with Gasteiger partial charge >= 0.3 is 0 Å². The Labute approximate surface area is 138 Å². The lowest BCUT2D eigenvalue weighted by Gasteiger charge is -2.25. The van der Waals surface area contributed by atoms with E-state index in [2.05, 4.69) is 49.4 Å². The summed E-state index contributed by atoms with van der Waals surface area (Å²) < 4.78 is 2.09. The first kappa shape index (κ1) is 15.0. The van der Waals surface area contributed by atoms with Gasteiger partial charge in [-0.15, -0.1) is 0 Å². The summed E-state index contributed by atoms with van der Waals surface area (Å²) in [5.74, 6) is 2.92. The zero-order chi connectivity index (χ0) is 16.2. The molecule has 2 aromatic rings. The highest BCUT2D eigenvalue weighted by Gasteiger charge is 2.30. The average Bonchev–Trinajstić information content (AvgIpc) is 3.39. The molecule has 2 aromatic heterocycles. The van der Waals surface area contributed by atoms with E-state index in [1.165, 1.54) is 44.2 Å². The number of fused-ring (bicyclic) bond motifs is 1. The van der Waals surface area contributed by atoms with Crippen LogP contribution in [0.3, 0.4) is 0 Å². The second-order valence-electron chi connectivity index (χ2n) is 8.50. The van der Waals surface area contributed by atoms with Gasteiger partial charge in [-0.05, 0) is 77.3 Å². The minimum atomic E-state index is -0.0457. The van der Waals surface area contributed by atoms with Gasteiger partial charge < -0.3 is 4.90 Å². The lowest BCUT2D eigenvalue weighted by atomic mass is 10.1. The number of hydrogen-bond acceptors (Lipinski definition) is 3. The standard InChI is InChI=1S/C19H28N4/c1-13-16-9-10-17(20-18(16)23(21-13)19(2,3)4)22(11-14-5-6-14)12-15-7-8-15/h9-10,14-15H,5-8,11-12H2,1-4H3. The van der Waals surface area contributed by atoms with Crippen LogP contribution >= 0.6 is 0 Å². The highest BCUT2D eigenvalue weighted by atomic mass is 15.3. The summed E-state index contributed by atoms with van der Waals surface area (Å²) >= 11 is 0. The van der Waals surface area contributed by atoms with Crippen LogP contribution in [0, 0.1) is 18.8 Å². The Morgan fingerprint density at radius 1 is 1.09 bits per heavy atom. The van der Waals surface area contributed by atoms with E-state index in [1.54, 1.807) is 0 Å². The fourth-order valence-corrected chi connectivity index (χ4v) is 3.26. The van der Waals surface area contributed by atoms with Crippen LogP contribution in [0.2, 0.25) is 0 Å². The Morgan fingerprint density at radius 2 is 1.70 bits per heavy atom. The van der Waals surface area contributed by atoms with Gasteiger partial charge in [0, 0.05) is 18.5 Å². The molecule has 2 fully saturated rings. The molecule has 0 amide bonds. The predicted molar refractivity (Wildman–Crippen MR) is 94.9 cm³/mol. The predicted octanol–water partition coefficient (Wildman–Crippen LogP) is 4.12. The quantitative estimate of drug-likeness (QED) is 0.833. The van der Waals surface area contributed by atoms with Gasteiger partial charge in [0.2, 0.25) is 0 Å². The Kier molecular flexibility index (Phi) is 3.40. The van der Waals surface area contributed by atoms with Crippen molar-refractivity contribution < 1.29 is 0 Å². The van der Waals surface area contributed by atoms with E-state index in [0.717, 1.165) is 29.0 Å². The lowest BCUT2D eigenvalue weighted by molar-refractivity contribution is 0.364. The van der Waals surface area contributed by atoms with E-state index in [4.69, 9.17) is 10.1 Å². The molecule has 4 heteroatoms. The van der Waals surface area contributed by atoms with Crippen LogP contribution in [-0.4, -0.2) is 27.9 Å². The largest absolute Gasteiger partial charge is 0.356 e. The van der Waals surface area contributed by atoms with Crippen molar-refractivity contribution in [2.75, 3.05) is 18.0 Å². The zero-order valence-corrected chi connectivity index (χ0v) is 14.8. The van der Waals surface area contributed by atoms with Crippen LogP contribution in [0.25, 0.3) is 11.0 Å². The van der Waals surface area contributed by atoms with Gasteiger partial charge in [0.1, 0.15) is 5.82 Å². The van der Waals surface area contributed by atoms with Crippen molar-refractivity contribution in [1.29, 1.82) is 0 Å². The topological polar surface area (TPSA) is 34.0 Å². The number of hydrogen-bond donors (Lipinski definition) is 0. The first-order chi connectivity index (χ1) is 10.9. The summed E-state index contributed by atoms with van der Waals surface area (Å²) in [6.45, 7) is 11.0. The molecule has 0 atom stereocenters. The normalized spacial score (nSPS) is 18.6. The molecular formula is C19H28N4. The number of rotatable bonds is 5. The first-order valence-corrected chi connectivity index (χ1v) is 9.03. The SMILES string of the molecule is Cc1nn(C(C)(C)C)c2nc(N(CC3CC3)CC3CC3)ccc12. The Hall–Kier alpha value is -1.58. The van der Waals surface area contributed by atoms with E-state index < -0.39 is 0 Å². The van der Waals surface area contributed by atoms with Crippen molar-refractivity contribution in [2.24, 2.45) is 11.8 Å². The van der Waals surface area contributed by atoms with Crippen LogP contribution in [0.4, 0.5) is 5.82 Å². The van der Waals surface area contributed by atoms with Gasteiger partial charge in [0.15, 0.2) is 5.65 Å². The van der Waals surface area contributed by atoms with Crippen molar-refractivity contribution in [2.45, 2.75) is 58.9 Å². The second kappa shape index (κ2) is 5.22. The molecule has 4 rings (SSSR count). The van der Waals surface area contributed by atoms with E-state index >= 15 is 0 Å². The van der Waals surface area contributed by atoms with Crippen molar-refractivity contribution in [3.8, 4) is 0 Å². The number of pyridine rings is 1. The van der Waals surface area contributed by atoms with E-state index in [-0.39, 0.29) is 5.54 Å². The number of anilines is 1. The maximum absolute atomic E-state index is 5.05. The third-order valence-corrected chi connectivity index (χ3v) is 5.01. The third-order valence-electron chi connectivity index (χ3n) is 5.01. The van der Waals surface area contributed by atoms with Gasteiger partial charge in [0.25, 0.3) is 0 Å². The van der Waals surface area contributed by atoms with Gasteiger partial charge in [-0.3, -0.25) is 0 Å². The average molecular weight is 312 g/mol. The van der Waals surface area contributed by atoms with Crippen molar-refractivity contribution in [3.05, 3.63) is 17.8 Å². The third kappa shape index (κ3) is 3.08. The molecule has 2 aliphatic carbocycles. The molecule has 0 N–H and O–H groups in total. The molecule has 4 nitrogen and oxygen atoms in total. The van der Waals surface area contributed by atoms with Gasteiger partial charge in [-0.2, -0.15) is 5.10 Å². The molecule has 0 unspecified atom stereocenters. The molecule has 0 aliphatic heterocycles. The molecular weight excluding hydrogens is 284 g/mol. The van der Waals surface area contributed by atoms with Crippen LogP contribution in [-0.2, 0) is 5.54 Å². The van der Waals surface area contributed by atoms with Gasteiger partial charge in [0.05, 0.1) is 11.2 Å². The van der Waals surface area contributed by atoms with Crippen LogP contribution in [0.15, 0.2) is 12.1 Å². The number of aromatic nitrogens is 3. The maximum atomic E-state index is 5.05. The van der Waals surface area contributed by atoms with Crippen LogP contribution in [0.5, 0.6) is 0 Å². The summed E-state index contributed by atoms with van der Waals surface area (Å²) in [5.41, 5.74) is 2.06. The smallest absolute Gasteiger partial charge is 0.160 e. The van der Waals surface area contributed by atoms with Crippen LogP contribution in [0.1, 0.15) is 52.1 Å². The Bertz CT molecular complexity index is 703. The summed E-state index contributed by atoms with van der Waals surface area (Å²) in [6.07, 6.45) is 5.57. The molecule has 0 bridgehead atoms. The van der Waals surface area contributed by atoms with Crippen molar-refractivity contribution >= 4 is 16.9 Å². The van der Waals surface area contributed by atoms with E-state index in [0.29, 0.717) is 0 Å². The fourth-order valence-electron chi connectivity index (χ4n) is 3.26. The number of aryl methyl sites for hydroxylation is 1. The summed E-state index contributed by atoms with van der Waals surface area (Å²) in [7, 11) is 0. The highest BCUT2D eigenvalue weighted by Crippen LogP contribution is 2.36. The molecule has 0 saturated heterocycles. The molecule has 2 heterocycles. The molecule has 0 spiro atoms. The minimum Gasteiger partial charge on any atom is -0.356 e. The number of nitrogens with zero attached hydrogens (tertiary/aromatic N) is 4. The molecule has 124 valence electrons. The Balaban J connectivity index is 1.73. The highest BCUT2D eigenvalue weighted by molar-refractivity contribution is 5.80. The fraction of sp³-hybridized carbons (Fsp3) is 0.684. The summed E-state index contributed by atoms with van der Waals surface area (Å²) in [6, 6.07) is 4.42. The lowest BCUT2D eigenvalue weighted by Crippen LogP contribution is -2.29. The van der Waals surface area contributed by atoms with Gasteiger partial charge in [-0.25, -0.2) is 9.67 Å². The van der Waals surface area contributed by atoms with Gasteiger partial charge in [-0.1, -0.05) is 0 Å². The van der Waals surface area contributed by atoms with E-state index in [9.17, 15) is 0 Å². The molecule has 0 radical (unpaired) electrons. The molecule has 0 aromatic carbocycles.